The van der Waals surface area contributed by atoms with Crippen LogP contribution in [0.3, 0.4) is 0 Å². The van der Waals surface area contributed by atoms with Crippen LogP contribution in [0.1, 0.15) is 65.7 Å². The van der Waals surface area contributed by atoms with E-state index in [0.717, 1.165) is 19.3 Å². The molecule has 92 valence electrons. The van der Waals surface area contributed by atoms with E-state index in [2.05, 4.69) is 13.8 Å². The normalized spacial score (nSPS) is 15.2. The highest BCUT2D eigenvalue weighted by Gasteiger charge is 2.16. The second-order valence-corrected chi connectivity index (χ2v) is 4.17. The summed E-state index contributed by atoms with van der Waals surface area (Å²) >= 11 is 0. The minimum atomic E-state index is -0.267. The molecule has 0 heterocycles. The summed E-state index contributed by atoms with van der Waals surface area (Å²) in [5, 5.41) is 9.87. The van der Waals surface area contributed by atoms with Gasteiger partial charge >= 0.3 is 0 Å². The minimum absolute atomic E-state index is 0.0428. The number of hydrogen-bond donors (Lipinski definition) is 1. The van der Waals surface area contributed by atoms with E-state index in [0.29, 0.717) is 6.61 Å². The monoisotopic (exact) mass is 216 g/mol. The Kier molecular flexibility index (Phi) is 10.4. The Balaban J connectivity index is 3.48. The van der Waals surface area contributed by atoms with Crippen LogP contribution < -0.4 is 0 Å². The van der Waals surface area contributed by atoms with Crippen LogP contribution in [0.4, 0.5) is 0 Å². The van der Waals surface area contributed by atoms with Crippen molar-refractivity contribution < 1.29 is 9.84 Å². The lowest BCUT2D eigenvalue weighted by Crippen LogP contribution is -2.28. The maximum absolute atomic E-state index is 9.87. The zero-order valence-electron chi connectivity index (χ0n) is 10.7. The Hall–Kier alpha value is -0.0800. The van der Waals surface area contributed by atoms with E-state index >= 15 is 0 Å². The molecule has 15 heavy (non-hydrogen) atoms. The largest absolute Gasteiger partial charge is 0.390 e. The second-order valence-electron chi connectivity index (χ2n) is 4.17. The van der Waals surface area contributed by atoms with Crippen molar-refractivity contribution in [2.24, 2.45) is 0 Å². The van der Waals surface area contributed by atoms with Crippen molar-refractivity contribution >= 4 is 0 Å². The van der Waals surface area contributed by atoms with Gasteiger partial charge in [0.05, 0.1) is 12.2 Å². The van der Waals surface area contributed by atoms with Gasteiger partial charge < -0.3 is 9.84 Å². The Morgan fingerprint density at radius 3 is 2.20 bits per heavy atom. The summed E-state index contributed by atoms with van der Waals surface area (Å²) in [6.07, 6.45) is 7.84. The fraction of sp³-hybridized carbons (Fsp3) is 1.00. The van der Waals surface area contributed by atoms with Crippen LogP contribution in [0.2, 0.25) is 0 Å². The smallest absolute Gasteiger partial charge is 0.0831 e. The minimum Gasteiger partial charge on any atom is -0.390 e. The molecule has 0 aromatic rings. The molecule has 0 radical (unpaired) electrons. The average molecular weight is 216 g/mol. The highest BCUT2D eigenvalue weighted by molar-refractivity contribution is 4.67. The van der Waals surface area contributed by atoms with Crippen LogP contribution in [0.15, 0.2) is 0 Å². The summed E-state index contributed by atoms with van der Waals surface area (Å²) in [4.78, 5) is 0. The maximum Gasteiger partial charge on any atom is 0.0831 e. The lowest BCUT2D eigenvalue weighted by atomic mass is 10.0. The molecule has 0 amide bonds. The SMILES string of the molecule is CCCCCCCC(O)C(CC)OCC. The Morgan fingerprint density at radius 1 is 1.00 bits per heavy atom. The fourth-order valence-corrected chi connectivity index (χ4v) is 1.86. The molecule has 0 spiro atoms. The standard InChI is InChI=1S/C13H28O2/c1-4-7-8-9-10-11-12(14)13(5-2)15-6-3/h12-14H,4-11H2,1-3H3. The van der Waals surface area contributed by atoms with Crippen LogP contribution in [-0.2, 0) is 4.74 Å². The second kappa shape index (κ2) is 10.4. The average Bonchev–Trinajstić information content (AvgIpc) is 2.25. The molecule has 2 nitrogen and oxygen atoms in total. The van der Waals surface area contributed by atoms with Gasteiger partial charge in [0.15, 0.2) is 0 Å². The number of aliphatic hydroxyl groups is 1. The molecule has 2 heteroatoms. The number of unbranched alkanes of at least 4 members (excludes halogenated alkanes) is 4. The number of hydrogen-bond acceptors (Lipinski definition) is 2. The van der Waals surface area contributed by atoms with Gasteiger partial charge in [-0.15, -0.1) is 0 Å². The summed E-state index contributed by atoms with van der Waals surface area (Å²) in [5.74, 6) is 0. The number of aliphatic hydroxyl groups excluding tert-OH is 1. The van der Waals surface area contributed by atoms with E-state index in [1.54, 1.807) is 0 Å². The van der Waals surface area contributed by atoms with Crippen LogP contribution in [-0.4, -0.2) is 23.9 Å². The van der Waals surface area contributed by atoms with Crippen molar-refractivity contribution in [1.82, 2.24) is 0 Å². The van der Waals surface area contributed by atoms with Gasteiger partial charge in [0.25, 0.3) is 0 Å². The zero-order chi connectivity index (χ0) is 11.5. The molecule has 0 bridgehead atoms. The Bertz CT molecular complexity index is 126. The molecule has 0 aromatic heterocycles. The highest BCUT2D eigenvalue weighted by Crippen LogP contribution is 2.13. The molecule has 0 aliphatic heterocycles. The lowest BCUT2D eigenvalue weighted by Gasteiger charge is -2.21. The van der Waals surface area contributed by atoms with Gasteiger partial charge in [-0.05, 0) is 19.8 Å². The predicted octanol–water partition coefficient (Wildman–Crippen LogP) is 3.52. The lowest BCUT2D eigenvalue weighted by molar-refractivity contribution is -0.0380. The van der Waals surface area contributed by atoms with Gasteiger partial charge in [0.1, 0.15) is 0 Å². The third-order valence-corrected chi connectivity index (χ3v) is 2.82. The van der Waals surface area contributed by atoms with E-state index in [-0.39, 0.29) is 12.2 Å². The summed E-state index contributed by atoms with van der Waals surface area (Å²) in [7, 11) is 0. The van der Waals surface area contributed by atoms with E-state index in [1.165, 1.54) is 25.7 Å². The molecule has 0 fully saturated rings. The fourth-order valence-electron chi connectivity index (χ4n) is 1.86. The van der Waals surface area contributed by atoms with Crippen LogP contribution in [0, 0.1) is 0 Å². The van der Waals surface area contributed by atoms with Crippen molar-refractivity contribution in [3.05, 3.63) is 0 Å². The molecule has 0 aliphatic rings. The van der Waals surface area contributed by atoms with Gasteiger partial charge in [0.2, 0.25) is 0 Å². The Labute approximate surface area is 95.0 Å². The van der Waals surface area contributed by atoms with E-state index in [9.17, 15) is 5.11 Å². The van der Waals surface area contributed by atoms with Crippen molar-refractivity contribution in [2.75, 3.05) is 6.61 Å². The van der Waals surface area contributed by atoms with Crippen LogP contribution in [0.25, 0.3) is 0 Å². The third-order valence-electron chi connectivity index (χ3n) is 2.82. The first-order valence-electron chi connectivity index (χ1n) is 6.55. The topological polar surface area (TPSA) is 29.5 Å². The molecule has 0 rings (SSSR count). The van der Waals surface area contributed by atoms with Crippen molar-refractivity contribution in [3.63, 3.8) is 0 Å². The number of rotatable bonds is 10. The maximum atomic E-state index is 9.87. The van der Waals surface area contributed by atoms with Gasteiger partial charge in [-0.2, -0.15) is 0 Å². The molecule has 0 saturated heterocycles. The van der Waals surface area contributed by atoms with E-state index < -0.39 is 0 Å². The van der Waals surface area contributed by atoms with Gasteiger partial charge in [-0.3, -0.25) is 0 Å². The Morgan fingerprint density at radius 2 is 1.67 bits per heavy atom. The quantitative estimate of drug-likeness (QED) is 0.566. The van der Waals surface area contributed by atoms with Crippen molar-refractivity contribution in [2.45, 2.75) is 77.9 Å². The van der Waals surface area contributed by atoms with Gasteiger partial charge in [-0.25, -0.2) is 0 Å². The van der Waals surface area contributed by atoms with Crippen molar-refractivity contribution in [1.29, 1.82) is 0 Å². The van der Waals surface area contributed by atoms with Gasteiger partial charge in [0, 0.05) is 6.61 Å². The summed E-state index contributed by atoms with van der Waals surface area (Å²) in [5.41, 5.74) is 0. The summed E-state index contributed by atoms with van der Waals surface area (Å²) in [6, 6.07) is 0. The molecular weight excluding hydrogens is 188 g/mol. The van der Waals surface area contributed by atoms with Crippen molar-refractivity contribution in [3.8, 4) is 0 Å². The first-order valence-corrected chi connectivity index (χ1v) is 6.55. The number of ether oxygens (including phenoxy) is 1. The molecule has 0 aliphatic carbocycles. The van der Waals surface area contributed by atoms with E-state index in [1.807, 2.05) is 6.92 Å². The first kappa shape index (κ1) is 14.9. The molecular formula is C13H28O2. The highest BCUT2D eigenvalue weighted by atomic mass is 16.5. The predicted molar refractivity (Wildman–Crippen MR) is 65.1 cm³/mol. The summed E-state index contributed by atoms with van der Waals surface area (Å²) < 4.78 is 5.48. The van der Waals surface area contributed by atoms with Crippen LogP contribution in [0.5, 0.6) is 0 Å². The third kappa shape index (κ3) is 7.80. The summed E-state index contributed by atoms with van der Waals surface area (Å²) in [6.45, 7) is 6.97. The van der Waals surface area contributed by atoms with Gasteiger partial charge in [-0.1, -0.05) is 46.0 Å². The molecule has 2 unspecified atom stereocenters. The zero-order valence-corrected chi connectivity index (χ0v) is 10.7. The molecule has 0 aromatic carbocycles. The molecule has 1 N–H and O–H groups in total. The molecule has 2 atom stereocenters. The van der Waals surface area contributed by atoms with Crippen LogP contribution >= 0.6 is 0 Å². The van der Waals surface area contributed by atoms with E-state index in [4.69, 9.17) is 4.74 Å². The molecule has 0 saturated carbocycles. The first-order chi connectivity index (χ1) is 7.26.